The Morgan fingerprint density at radius 2 is 1.88 bits per heavy atom. The van der Waals surface area contributed by atoms with E-state index >= 15 is 0 Å². The van der Waals surface area contributed by atoms with Crippen LogP contribution in [0, 0.1) is 10.1 Å². The molecule has 1 saturated carbocycles. The first-order valence-corrected chi connectivity index (χ1v) is 8.17. The molecule has 1 aliphatic carbocycles. The fraction of sp³-hybridized carbons (Fsp3) is 0.316. The van der Waals surface area contributed by atoms with Gasteiger partial charge in [-0.25, -0.2) is 4.79 Å². The molecule has 6 nitrogen and oxygen atoms in total. The number of epoxide rings is 1. The first kappa shape index (κ1) is 15.8. The second kappa shape index (κ2) is 5.39. The van der Waals surface area contributed by atoms with Gasteiger partial charge in [-0.3, -0.25) is 10.1 Å². The molecule has 3 atom stereocenters. The van der Waals surface area contributed by atoms with Crippen LogP contribution in [0.3, 0.4) is 0 Å². The molecule has 0 unspecified atom stereocenters. The van der Waals surface area contributed by atoms with Gasteiger partial charge in [0.1, 0.15) is 17.3 Å². The third-order valence-corrected chi connectivity index (χ3v) is 5.32. The number of hydrogen-bond donors (Lipinski definition) is 0. The first-order chi connectivity index (χ1) is 12.0. The number of esters is 1. The molecule has 1 aliphatic heterocycles. The van der Waals surface area contributed by atoms with Gasteiger partial charge in [-0.2, -0.15) is 0 Å². The van der Waals surface area contributed by atoms with Gasteiger partial charge in [-0.15, -0.1) is 0 Å². The number of nitro benzene ring substituents is 1. The molecule has 0 aromatic heterocycles. The van der Waals surface area contributed by atoms with Crippen LogP contribution in [-0.2, 0) is 15.1 Å². The summed E-state index contributed by atoms with van der Waals surface area (Å²) in [5.74, 6) is -0.486. The Hall–Kier alpha value is -2.73. The molecule has 0 bridgehead atoms. The molecule has 25 heavy (non-hydrogen) atoms. The second-order valence-electron chi connectivity index (χ2n) is 6.64. The quantitative estimate of drug-likeness (QED) is 0.368. The number of ether oxygens (including phenoxy) is 2. The molecular formula is C19H17NO5. The monoisotopic (exact) mass is 339 g/mol. The second-order valence-corrected chi connectivity index (χ2v) is 6.64. The van der Waals surface area contributed by atoms with Crippen molar-refractivity contribution in [3.05, 3.63) is 75.8 Å². The van der Waals surface area contributed by atoms with Gasteiger partial charge < -0.3 is 9.47 Å². The SMILES string of the molecule is C[C@@]12O[C@]1(c1ccccc1)CC[C@H]2OC(=O)c1ccc([N+](=O)[O-])cc1. The molecule has 1 heterocycles. The van der Waals surface area contributed by atoms with Crippen molar-refractivity contribution in [2.24, 2.45) is 0 Å². The fourth-order valence-corrected chi connectivity index (χ4v) is 3.86. The van der Waals surface area contributed by atoms with Gasteiger partial charge in [0.25, 0.3) is 5.69 Å². The topological polar surface area (TPSA) is 82.0 Å². The van der Waals surface area contributed by atoms with Crippen molar-refractivity contribution in [2.45, 2.75) is 37.1 Å². The third-order valence-electron chi connectivity index (χ3n) is 5.32. The van der Waals surface area contributed by atoms with Crippen LogP contribution in [0.2, 0.25) is 0 Å². The predicted molar refractivity (Wildman–Crippen MR) is 89.1 cm³/mol. The van der Waals surface area contributed by atoms with Crippen LogP contribution in [0.4, 0.5) is 5.69 Å². The zero-order valence-electron chi connectivity index (χ0n) is 13.7. The Kier molecular flexibility index (Phi) is 3.40. The summed E-state index contributed by atoms with van der Waals surface area (Å²) in [5.41, 5.74) is 0.441. The first-order valence-electron chi connectivity index (χ1n) is 8.17. The van der Waals surface area contributed by atoms with E-state index in [0.717, 1.165) is 18.4 Å². The van der Waals surface area contributed by atoms with Crippen molar-refractivity contribution in [2.75, 3.05) is 0 Å². The van der Waals surface area contributed by atoms with Crippen molar-refractivity contribution >= 4 is 11.7 Å². The molecule has 1 saturated heterocycles. The Labute approximate surface area is 144 Å². The van der Waals surface area contributed by atoms with E-state index in [9.17, 15) is 14.9 Å². The molecule has 2 aromatic rings. The smallest absolute Gasteiger partial charge is 0.338 e. The number of fused-ring (bicyclic) bond motifs is 1. The highest BCUT2D eigenvalue weighted by Crippen LogP contribution is 2.66. The number of carbonyl (C=O) groups is 1. The normalized spacial score (nSPS) is 29.7. The minimum absolute atomic E-state index is 0.0574. The lowest BCUT2D eigenvalue weighted by molar-refractivity contribution is -0.384. The Bertz CT molecular complexity index is 831. The van der Waals surface area contributed by atoms with Crippen molar-refractivity contribution in [3.63, 3.8) is 0 Å². The number of nitrogens with zero attached hydrogens (tertiary/aromatic N) is 1. The van der Waals surface area contributed by atoms with E-state index in [1.54, 1.807) is 0 Å². The van der Waals surface area contributed by atoms with Gasteiger partial charge >= 0.3 is 5.97 Å². The van der Waals surface area contributed by atoms with E-state index in [0.29, 0.717) is 5.56 Å². The molecule has 6 heteroatoms. The van der Waals surface area contributed by atoms with Crippen molar-refractivity contribution in [1.29, 1.82) is 0 Å². The van der Waals surface area contributed by atoms with Crippen LogP contribution >= 0.6 is 0 Å². The van der Waals surface area contributed by atoms with Crippen LogP contribution < -0.4 is 0 Å². The summed E-state index contributed by atoms with van der Waals surface area (Å²) in [7, 11) is 0. The molecule has 4 rings (SSSR count). The molecule has 2 fully saturated rings. The summed E-state index contributed by atoms with van der Waals surface area (Å²) < 4.78 is 11.7. The highest BCUT2D eigenvalue weighted by molar-refractivity contribution is 5.89. The fourth-order valence-electron chi connectivity index (χ4n) is 3.86. The van der Waals surface area contributed by atoms with Gasteiger partial charge in [0, 0.05) is 12.1 Å². The number of hydrogen-bond acceptors (Lipinski definition) is 5. The van der Waals surface area contributed by atoms with Crippen molar-refractivity contribution in [1.82, 2.24) is 0 Å². The predicted octanol–water partition coefficient (Wildman–Crippen LogP) is 3.60. The minimum atomic E-state index is -0.523. The average molecular weight is 339 g/mol. The molecule has 0 radical (unpaired) electrons. The Morgan fingerprint density at radius 3 is 2.48 bits per heavy atom. The van der Waals surface area contributed by atoms with Crippen LogP contribution in [0.25, 0.3) is 0 Å². The number of non-ortho nitro benzene ring substituents is 1. The van der Waals surface area contributed by atoms with Gasteiger partial charge in [0.15, 0.2) is 0 Å². The summed E-state index contributed by atoms with van der Waals surface area (Å²) in [6, 6.07) is 15.4. The van der Waals surface area contributed by atoms with Crippen LogP contribution in [0.1, 0.15) is 35.7 Å². The summed E-state index contributed by atoms with van der Waals surface area (Å²) in [4.78, 5) is 22.6. The minimum Gasteiger partial charge on any atom is -0.456 e. The summed E-state index contributed by atoms with van der Waals surface area (Å²) in [6.07, 6.45) is 1.19. The standard InChI is InChI=1S/C19H17NO5/c1-18-16(11-12-19(18,25-18)14-5-3-2-4-6-14)24-17(21)13-7-9-15(10-8-13)20(22)23/h2-10,16H,11-12H2,1H3/t16-,18+,19+/m1/s1. The van der Waals surface area contributed by atoms with E-state index in [1.165, 1.54) is 24.3 Å². The van der Waals surface area contributed by atoms with Crippen molar-refractivity contribution in [3.8, 4) is 0 Å². The van der Waals surface area contributed by atoms with Gasteiger partial charge in [-0.1, -0.05) is 30.3 Å². The largest absolute Gasteiger partial charge is 0.456 e. The van der Waals surface area contributed by atoms with Crippen LogP contribution in [-0.4, -0.2) is 22.6 Å². The van der Waals surface area contributed by atoms with E-state index in [2.05, 4.69) is 0 Å². The molecule has 128 valence electrons. The molecular weight excluding hydrogens is 322 g/mol. The van der Waals surface area contributed by atoms with Gasteiger partial charge in [0.05, 0.1) is 10.5 Å². The average Bonchev–Trinajstić information content (AvgIpc) is 3.17. The third kappa shape index (κ3) is 2.33. The molecule has 2 aliphatic rings. The zero-order valence-corrected chi connectivity index (χ0v) is 13.7. The van der Waals surface area contributed by atoms with Crippen LogP contribution in [0.15, 0.2) is 54.6 Å². The number of benzene rings is 2. The maximum Gasteiger partial charge on any atom is 0.338 e. The lowest BCUT2D eigenvalue weighted by atomic mass is 9.89. The van der Waals surface area contributed by atoms with Crippen LogP contribution in [0.5, 0.6) is 0 Å². The molecule has 0 spiro atoms. The lowest BCUT2D eigenvalue weighted by Crippen LogP contribution is -2.31. The highest BCUT2D eigenvalue weighted by atomic mass is 16.7. The maximum atomic E-state index is 12.4. The molecule has 2 aromatic carbocycles. The number of nitro groups is 1. The maximum absolute atomic E-state index is 12.4. The van der Waals surface area contributed by atoms with Gasteiger partial charge in [0.2, 0.25) is 0 Å². The Balaban J connectivity index is 1.49. The Morgan fingerprint density at radius 1 is 1.20 bits per heavy atom. The van der Waals surface area contributed by atoms with Crippen molar-refractivity contribution < 1.29 is 19.2 Å². The summed E-state index contributed by atoms with van der Waals surface area (Å²) in [6.45, 7) is 1.97. The highest BCUT2D eigenvalue weighted by Gasteiger charge is 2.76. The van der Waals surface area contributed by atoms with E-state index < -0.39 is 16.5 Å². The zero-order chi connectivity index (χ0) is 17.7. The molecule has 0 amide bonds. The number of rotatable bonds is 4. The van der Waals surface area contributed by atoms with E-state index in [4.69, 9.17) is 9.47 Å². The number of carbonyl (C=O) groups excluding carboxylic acids is 1. The summed E-state index contributed by atoms with van der Waals surface area (Å²) >= 11 is 0. The lowest BCUT2D eigenvalue weighted by Gasteiger charge is -2.17. The van der Waals surface area contributed by atoms with E-state index in [-0.39, 0.29) is 17.4 Å². The van der Waals surface area contributed by atoms with Gasteiger partial charge in [-0.05, 0) is 37.5 Å². The summed E-state index contributed by atoms with van der Waals surface area (Å²) in [5, 5.41) is 10.7. The molecule has 0 N–H and O–H groups in total. The van der Waals surface area contributed by atoms with E-state index in [1.807, 2.05) is 37.3 Å².